The Morgan fingerprint density at radius 3 is 1.23 bits per heavy atom. The molecule has 0 saturated heterocycles. The van der Waals surface area contributed by atoms with Crippen molar-refractivity contribution in [2.24, 2.45) is 9.98 Å². The van der Waals surface area contributed by atoms with Crippen molar-refractivity contribution in [3.63, 3.8) is 0 Å². The largest absolute Gasteiger partial charge is 0.453 e. The molecule has 0 unspecified atom stereocenters. The number of hydrogen-bond acceptors (Lipinski definition) is 6. The highest BCUT2D eigenvalue weighted by Crippen LogP contribution is 2.43. The number of aromatic nitrogens is 2. The van der Waals surface area contributed by atoms with Crippen LogP contribution in [-0.4, -0.2) is 21.6 Å². The summed E-state index contributed by atoms with van der Waals surface area (Å²) in [4.78, 5) is 17.7. The molecule has 2 N–H and O–H groups in total. The SMILES string of the molecule is FC(F)(F)c1cnc(N=C2Nc3cccc4cc(-c5ccc(-c6cc7c8c(cccc8c6)NC7=Nc6ncc(C(F)(F)F)cc6Oc6ccccc6)cc5)cc2c34)c(Oc2ccccc2)c1. The van der Waals surface area contributed by atoms with Crippen LogP contribution in [0, 0.1) is 0 Å². The lowest BCUT2D eigenvalue weighted by molar-refractivity contribution is -0.138. The lowest BCUT2D eigenvalue weighted by Gasteiger charge is -2.13. The van der Waals surface area contributed by atoms with Crippen molar-refractivity contribution in [2.45, 2.75) is 12.4 Å². The van der Waals surface area contributed by atoms with Crippen LogP contribution in [0.5, 0.6) is 23.0 Å². The van der Waals surface area contributed by atoms with Gasteiger partial charge in [0.25, 0.3) is 0 Å². The van der Waals surface area contributed by atoms with E-state index in [1.54, 1.807) is 60.7 Å². The van der Waals surface area contributed by atoms with Gasteiger partial charge in [-0.2, -0.15) is 26.3 Å². The Labute approximate surface area is 371 Å². The molecule has 0 amide bonds. The Balaban J connectivity index is 0.945. The zero-order valence-corrected chi connectivity index (χ0v) is 34.0. The molecular formula is C52H30F6N6O2. The molecule has 7 aromatic carbocycles. The van der Waals surface area contributed by atoms with Gasteiger partial charge < -0.3 is 20.1 Å². The van der Waals surface area contributed by atoms with Crippen LogP contribution in [0.4, 0.5) is 49.4 Å². The summed E-state index contributed by atoms with van der Waals surface area (Å²) in [5.41, 5.74) is 4.66. The first-order chi connectivity index (χ1) is 31.9. The van der Waals surface area contributed by atoms with Gasteiger partial charge in [-0.05, 0) is 106 Å². The van der Waals surface area contributed by atoms with Crippen molar-refractivity contribution in [1.82, 2.24) is 9.97 Å². The van der Waals surface area contributed by atoms with Crippen LogP contribution in [0.1, 0.15) is 22.3 Å². The Hall–Kier alpha value is -8.52. The Morgan fingerprint density at radius 1 is 0.424 bits per heavy atom. The molecule has 4 heterocycles. The van der Waals surface area contributed by atoms with E-state index in [0.29, 0.717) is 23.2 Å². The standard InChI is InChI=1S/C52H30F6N6O2/c53-51(54,55)35-25-43(65-37-11-3-1-4-12-37)49(59-27-35)63-47-39-23-33(21-31-9-7-15-41(61-47)45(31)39)29-17-19-30(20-18-29)34-22-32-10-8-16-42-46(32)40(24-34)48(62-42)64-50-44(66-38-13-5-2-6-14-38)26-36(28-60-50)52(56,57)58/h1-28H,(H,59,61,63)(H,60,62,64). The van der Waals surface area contributed by atoms with Crippen LogP contribution in [0.3, 0.4) is 0 Å². The number of rotatable bonds is 8. The van der Waals surface area contributed by atoms with Crippen LogP contribution in [-0.2, 0) is 12.4 Å². The molecule has 9 aromatic rings. The van der Waals surface area contributed by atoms with Gasteiger partial charge in [0, 0.05) is 45.7 Å². The van der Waals surface area contributed by atoms with Crippen molar-refractivity contribution < 1.29 is 35.8 Å². The first-order valence-electron chi connectivity index (χ1n) is 20.5. The van der Waals surface area contributed by atoms with E-state index in [9.17, 15) is 26.3 Å². The number of ether oxygens (including phenoxy) is 2. The number of halogens is 6. The predicted molar refractivity (Wildman–Crippen MR) is 243 cm³/mol. The highest BCUT2D eigenvalue weighted by Gasteiger charge is 2.34. The fourth-order valence-corrected chi connectivity index (χ4v) is 8.14. The number of benzene rings is 7. The lowest BCUT2D eigenvalue weighted by atomic mass is 9.94. The van der Waals surface area contributed by atoms with E-state index in [0.717, 1.165) is 90.8 Å². The maximum atomic E-state index is 13.8. The average molecular weight is 885 g/mol. The minimum atomic E-state index is -4.64. The van der Waals surface area contributed by atoms with Crippen LogP contribution in [0.15, 0.2) is 180 Å². The number of hydrogen-bond donors (Lipinski definition) is 2. The number of nitrogens with zero attached hydrogens (tertiary/aromatic N) is 4. The minimum absolute atomic E-state index is 0.0316. The Morgan fingerprint density at radius 2 is 0.833 bits per heavy atom. The molecule has 322 valence electrons. The summed E-state index contributed by atoms with van der Waals surface area (Å²) in [6.45, 7) is 0. The normalized spacial score (nSPS) is 14.2. The topological polar surface area (TPSA) is 93.0 Å². The van der Waals surface area contributed by atoms with Gasteiger partial charge >= 0.3 is 12.4 Å². The van der Waals surface area contributed by atoms with E-state index in [1.807, 2.05) is 72.8 Å². The van der Waals surface area contributed by atoms with E-state index in [1.165, 1.54) is 0 Å². The number of pyridine rings is 2. The fourth-order valence-electron chi connectivity index (χ4n) is 8.14. The molecule has 2 aromatic heterocycles. The first kappa shape index (κ1) is 40.3. The molecule has 14 heteroatoms. The van der Waals surface area contributed by atoms with E-state index in [2.05, 4.69) is 32.7 Å². The molecule has 8 nitrogen and oxygen atoms in total. The number of nitrogens with one attached hydrogen (secondary N) is 2. The highest BCUT2D eigenvalue weighted by molar-refractivity contribution is 6.28. The maximum absolute atomic E-state index is 13.8. The average Bonchev–Trinajstić information content (AvgIpc) is 3.85. The van der Waals surface area contributed by atoms with E-state index >= 15 is 0 Å². The molecule has 0 atom stereocenters. The van der Waals surface area contributed by atoms with Gasteiger partial charge in [-0.3, -0.25) is 0 Å². The molecule has 0 bridgehead atoms. The Bertz CT molecular complexity index is 3220. The van der Waals surface area contributed by atoms with Gasteiger partial charge in [0.15, 0.2) is 23.1 Å². The molecule has 0 spiro atoms. The van der Waals surface area contributed by atoms with Crippen LogP contribution >= 0.6 is 0 Å². The summed E-state index contributed by atoms with van der Waals surface area (Å²) in [6, 6.07) is 46.5. The van der Waals surface area contributed by atoms with Crippen LogP contribution in [0.2, 0.25) is 0 Å². The molecule has 66 heavy (non-hydrogen) atoms. The second kappa shape index (κ2) is 15.6. The first-order valence-corrected chi connectivity index (χ1v) is 20.5. The number of aliphatic imine (C=N–C) groups is 2. The van der Waals surface area contributed by atoms with Crippen molar-refractivity contribution in [3.05, 3.63) is 192 Å². The molecule has 2 aliphatic rings. The summed E-state index contributed by atoms with van der Waals surface area (Å²) in [5, 5.41) is 10.3. The van der Waals surface area contributed by atoms with Gasteiger partial charge in [-0.25, -0.2) is 20.0 Å². The summed E-state index contributed by atoms with van der Waals surface area (Å²) >= 11 is 0. The highest BCUT2D eigenvalue weighted by atomic mass is 19.4. The van der Waals surface area contributed by atoms with Gasteiger partial charge in [-0.1, -0.05) is 84.9 Å². The number of para-hydroxylation sites is 2. The fraction of sp³-hybridized carbons (Fsp3) is 0.0385. The van der Waals surface area contributed by atoms with E-state index in [-0.39, 0.29) is 23.1 Å². The molecular weight excluding hydrogens is 855 g/mol. The third kappa shape index (κ3) is 7.57. The number of anilines is 2. The lowest BCUT2D eigenvalue weighted by Crippen LogP contribution is -2.08. The number of alkyl halides is 6. The van der Waals surface area contributed by atoms with Gasteiger partial charge in [0.05, 0.1) is 11.1 Å². The summed E-state index contributed by atoms with van der Waals surface area (Å²) in [6.07, 6.45) is -7.80. The maximum Gasteiger partial charge on any atom is 0.418 e. The quantitative estimate of drug-likeness (QED) is 0.148. The molecule has 11 rings (SSSR count). The Kier molecular flexibility index (Phi) is 9.53. The van der Waals surface area contributed by atoms with Gasteiger partial charge in [0.2, 0.25) is 0 Å². The van der Waals surface area contributed by atoms with Gasteiger partial charge in [-0.15, -0.1) is 0 Å². The molecule has 0 aliphatic carbocycles. The zero-order valence-electron chi connectivity index (χ0n) is 34.0. The second-order valence-corrected chi connectivity index (χ2v) is 15.5. The molecule has 0 fully saturated rings. The third-order valence-corrected chi connectivity index (χ3v) is 11.2. The third-order valence-electron chi connectivity index (χ3n) is 11.2. The minimum Gasteiger partial charge on any atom is -0.453 e. The molecule has 0 radical (unpaired) electrons. The van der Waals surface area contributed by atoms with E-state index in [4.69, 9.17) is 19.5 Å². The number of amidine groups is 2. The van der Waals surface area contributed by atoms with Crippen molar-refractivity contribution in [3.8, 4) is 45.3 Å². The van der Waals surface area contributed by atoms with Crippen LogP contribution < -0.4 is 20.1 Å². The predicted octanol–water partition coefficient (Wildman–Crippen LogP) is 14.7. The molecule has 0 saturated carbocycles. The van der Waals surface area contributed by atoms with E-state index < -0.39 is 23.5 Å². The van der Waals surface area contributed by atoms with Crippen molar-refractivity contribution in [1.29, 1.82) is 0 Å². The zero-order chi connectivity index (χ0) is 45.2. The van der Waals surface area contributed by atoms with Crippen LogP contribution in [0.25, 0.3) is 43.8 Å². The smallest absolute Gasteiger partial charge is 0.418 e. The monoisotopic (exact) mass is 884 g/mol. The summed E-state index contributed by atoms with van der Waals surface area (Å²) in [7, 11) is 0. The van der Waals surface area contributed by atoms with Gasteiger partial charge in [0.1, 0.15) is 23.2 Å². The molecule has 2 aliphatic heterocycles. The van der Waals surface area contributed by atoms with Crippen molar-refractivity contribution >= 4 is 56.2 Å². The second-order valence-electron chi connectivity index (χ2n) is 15.5. The van der Waals surface area contributed by atoms with Crippen molar-refractivity contribution in [2.75, 3.05) is 10.6 Å². The summed E-state index contributed by atoms with van der Waals surface area (Å²) in [5.74, 6) is 1.09. The summed E-state index contributed by atoms with van der Waals surface area (Å²) < 4.78 is 94.7.